The van der Waals surface area contributed by atoms with Crippen molar-refractivity contribution in [2.75, 3.05) is 13.1 Å². The summed E-state index contributed by atoms with van der Waals surface area (Å²) in [5, 5.41) is 0. The zero-order chi connectivity index (χ0) is 13.6. The minimum Gasteiger partial charge on any atom is -0.336 e. The first-order valence-corrected chi connectivity index (χ1v) is 7.28. The largest absolute Gasteiger partial charge is 0.336 e. The summed E-state index contributed by atoms with van der Waals surface area (Å²) in [5.41, 5.74) is 2.20. The summed E-state index contributed by atoms with van der Waals surface area (Å²) >= 11 is 0. The van der Waals surface area contributed by atoms with Crippen molar-refractivity contribution in [1.29, 1.82) is 0 Å². The van der Waals surface area contributed by atoms with Crippen LogP contribution >= 0.6 is 0 Å². The molecule has 1 aliphatic carbocycles. The molecule has 2 heterocycles. The number of hydrogen-bond acceptors (Lipinski definition) is 1. The Hall–Kier alpha value is -1.32. The van der Waals surface area contributed by atoms with Gasteiger partial charge in [-0.1, -0.05) is 13.8 Å². The molecule has 19 heavy (non-hydrogen) atoms. The van der Waals surface area contributed by atoms with Crippen LogP contribution in [-0.2, 0) is 19.4 Å². The summed E-state index contributed by atoms with van der Waals surface area (Å²) in [7, 11) is 0. The molecule has 1 amide bonds. The van der Waals surface area contributed by atoms with Gasteiger partial charge in [-0.15, -0.1) is 0 Å². The first-order chi connectivity index (χ1) is 9.09. The van der Waals surface area contributed by atoms with Gasteiger partial charge in [0.15, 0.2) is 5.82 Å². The lowest BCUT2D eigenvalue weighted by Crippen LogP contribution is -2.42. The maximum absolute atomic E-state index is 14.5. The van der Waals surface area contributed by atoms with E-state index in [4.69, 9.17) is 0 Å². The number of carbonyl (C=O) groups is 1. The number of amides is 1. The van der Waals surface area contributed by atoms with E-state index >= 15 is 0 Å². The molecule has 0 saturated carbocycles. The van der Waals surface area contributed by atoms with Crippen molar-refractivity contribution in [1.82, 2.24) is 9.47 Å². The minimum atomic E-state index is -0.242. The molecule has 2 aliphatic rings. The number of rotatable bonds is 2. The van der Waals surface area contributed by atoms with Crippen molar-refractivity contribution in [2.45, 2.75) is 46.1 Å². The normalized spacial score (nSPS) is 18.7. The van der Waals surface area contributed by atoms with Crippen LogP contribution < -0.4 is 0 Å². The second-order valence-corrected chi connectivity index (χ2v) is 6.09. The highest BCUT2D eigenvalue weighted by Gasteiger charge is 2.34. The molecular weight excluding hydrogens is 243 g/mol. The van der Waals surface area contributed by atoms with E-state index in [1.165, 1.54) is 0 Å². The molecule has 0 bridgehead atoms. The van der Waals surface area contributed by atoms with Gasteiger partial charge in [-0.2, -0.15) is 0 Å². The fraction of sp³-hybridized carbons (Fsp3) is 0.667. The second kappa shape index (κ2) is 4.66. The van der Waals surface area contributed by atoms with Gasteiger partial charge in [-0.3, -0.25) is 4.79 Å². The minimum absolute atomic E-state index is 0.119. The maximum atomic E-state index is 14.5. The first kappa shape index (κ1) is 12.7. The van der Waals surface area contributed by atoms with E-state index in [9.17, 15) is 9.18 Å². The predicted octanol–water partition coefficient (Wildman–Crippen LogP) is 2.62. The number of nitrogens with zero attached hydrogens (tertiary/aromatic N) is 2. The predicted molar refractivity (Wildman–Crippen MR) is 71.8 cm³/mol. The third-order valence-corrected chi connectivity index (χ3v) is 4.18. The van der Waals surface area contributed by atoms with Crippen LogP contribution in [0.2, 0.25) is 0 Å². The molecule has 1 aliphatic heterocycles. The van der Waals surface area contributed by atoms with E-state index in [1.807, 2.05) is 4.57 Å². The first-order valence-electron chi connectivity index (χ1n) is 7.28. The molecule has 0 aromatic carbocycles. The maximum Gasteiger partial charge on any atom is 0.273 e. The highest BCUT2D eigenvalue weighted by molar-refractivity contribution is 5.94. The van der Waals surface area contributed by atoms with Gasteiger partial charge in [0.1, 0.15) is 5.69 Å². The van der Waals surface area contributed by atoms with Crippen molar-refractivity contribution in [3.05, 3.63) is 22.8 Å². The van der Waals surface area contributed by atoms with E-state index < -0.39 is 0 Å². The summed E-state index contributed by atoms with van der Waals surface area (Å²) in [6.45, 7) is 6.35. The average molecular weight is 264 g/mol. The van der Waals surface area contributed by atoms with Crippen molar-refractivity contribution in [3.8, 4) is 0 Å². The topological polar surface area (TPSA) is 25.2 Å². The van der Waals surface area contributed by atoms with Crippen molar-refractivity contribution < 1.29 is 9.18 Å². The Bertz CT molecular complexity index is 519. The lowest BCUT2D eigenvalue weighted by atomic mass is 9.97. The Kier molecular flexibility index (Phi) is 3.11. The van der Waals surface area contributed by atoms with Crippen LogP contribution in [0.25, 0.3) is 0 Å². The Morgan fingerprint density at radius 2 is 1.95 bits per heavy atom. The zero-order valence-electron chi connectivity index (χ0n) is 11.7. The van der Waals surface area contributed by atoms with Crippen molar-refractivity contribution in [2.24, 2.45) is 5.92 Å². The van der Waals surface area contributed by atoms with Crippen LogP contribution in [0.5, 0.6) is 0 Å². The Labute approximate surface area is 113 Å². The van der Waals surface area contributed by atoms with Gasteiger partial charge in [0, 0.05) is 30.9 Å². The van der Waals surface area contributed by atoms with Crippen LogP contribution in [0.3, 0.4) is 0 Å². The summed E-state index contributed by atoms with van der Waals surface area (Å²) in [6.07, 6.45) is 3.86. The Balaban J connectivity index is 2.00. The van der Waals surface area contributed by atoms with Crippen molar-refractivity contribution in [3.63, 3.8) is 0 Å². The SMILES string of the molecule is CC(C)CN1CCn2c3c(c(F)c2C1=O)CCCC3. The quantitative estimate of drug-likeness (QED) is 0.806. The highest BCUT2D eigenvalue weighted by atomic mass is 19.1. The molecule has 0 saturated heterocycles. The Morgan fingerprint density at radius 1 is 1.21 bits per heavy atom. The molecule has 3 nitrogen and oxygen atoms in total. The van der Waals surface area contributed by atoms with Gasteiger partial charge in [0.25, 0.3) is 5.91 Å². The van der Waals surface area contributed by atoms with E-state index in [1.54, 1.807) is 4.90 Å². The third kappa shape index (κ3) is 1.97. The van der Waals surface area contributed by atoms with Gasteiger partial charge >= 0.3 is 0 Å². The molecule has 4 heteroatoms. The van der Waals surface area contributed by atoms with E-state index in [0.717, 1.165) is 43.5 Å². The van der Waals surface area contributed by atoms with Crippen LogP contribution in [0.15, 0.2) is 0 Å². The molecule has 1 aromatic rings. The third-order valence-electron chi connectivity index (χ3n) is 4.18. The number of hydrogen-bond donors (Lipinski definition) is 0. The fourth-order valence-electron chi connectivity index (χ4n) is 3.36. The summed E-state index contributed by atoms with van der Waals surface area (Å²) in [6, 6.07) is 0. The molecule has 0 N–H and O–H groups in total. The molecule has 0 atom stereocenters. The van der Waals surface area contributed by atoms with Crippen LogP contribution in [-0.4, -0.2) is 28.5 Å². The zero-order valence-corrected chi connectivity index (χ0v) is 11.7. The van der Waals surface area contributed by atoms with Gasteiger partial charge in [-0.25, -0.2) is 4.39 Å². The van der Waals surface area contributed by atoms with E-state index in [-0.39, 0.29) is 11.7 Å². The van der Waals surface area contributed by atoms with Crippen LogP contribution in [0.4, 0.5) is 4.39 Å². The van der Waals surface area contributed by atoms with Gasteiger partial charge < -0.3 is 9.47 Å². The molecule has 0 radical (unpaired) electrons. The molecule has 0 fully saturated rings. The number of aromatic nitrogens is 1. The molecule has 0 unspecified atom stereocenters. The monoisotopic (exact) mass is 264 g/mol. The average Bonchev–Trinajstić information content (AvgIpc) is 2.67. The van der Waals surface area contributed by atoms with Gasteiger partial charge in [0.2, 0.25) is 0 Å². The lowest BCUT2D eigenvalue weighted by Gasteiger charge is -2.30. The van der Waals surface area contributed by atoms with Gasteiger partial charge in [0.05, 0.1) is 0 Å². The standard InChI is InChI=1S/C15H21FN2O/c1-10(2)9-17-7-8-18-12-6-4-3-5-11(12)13(16)14(18)15(17)19/h10H,3-9H2,1-2H3. The molecule has 0 spiro atoms. The summed E-state index contributed by atoms with van der Waals surface area (Å²) < 4.78 is 16.4. The highest BCUT2D eigenvalue weighted by Crippen LogP contribution is 2.31. The molecule has 1 aromatic heterocycles. The van der Waals surface area contributed by atoms with E-state index in [2.05, 4.69) is 13.8 Å². The van der Waals surface area contributed by atoms with Crippen LogP contribution in [0, 0.1) is 11.7 Å². The van der Waals surface area contributed by atoms with Crippen molar-refractivity contribution >= 4 is 5.91 Å². The molecular formula is C15H21FN2O. The Morgan fingerprint density at radius 3 is 2.68 bits per heavy atom. The second-order valence-electron chi connectivity index (χ2n) is 6.09. The van der Waals surface area contributed by atoms with Crippen LogP contribution in [0.1, 0.15) is 48.4 Å². The lowest BCUT2D eigenvalue weighted by molar-refractivity contribution is 0.0675. The summed E-state index contributed by atoms with van der Waals surface area (Å²) in [5.74, 6) is 0.0585. The smallest absolute Gasteiger partial charge is 0.273 e. The fourth-order valence-corrected chi connectivity index (χ4v) is 3.36. The number of carbonyl (C=O) groups excluding carboxylic acids is 1. The molecule has 3 rings (SSSR count). The number of halogens is 1. The number of fused-ring (bicyclic) bond motifs is 3. The van der Waals surface area contributed by atoms with Gasteiger partial charge in [-0.05, 0) is 31.6 Å². The molecule has 104 valence electrons. The summed E-state index contributed by atoms with van der Waals surface area (Å²) in [4.78, 5) is 14.3. The van der Waals surface area contributed by atoms with E-state index in [0.29, 0.717) is 24.7 Å².